The lowest BCUT2D eigenvalue weighted by Crippen LogP contribution is -2.45. The molecule has 0 unspecified atom stereocenters. The van der Waals surface area contributed by atoms with Crippen molar-refractivity contribution in [1.29, 1.82) is 0 Å². The Hall–Kier alpha value is -2.93. The maximum Gasteiger partial charge on any atom is 0.243 e. The summed E-state index contributed by atoms with van der Waals surface area (Å²) in [6.45, 7) is 3.02. The highest BCUT2D eigenvalue weighted by molar-refractivity contribution is 6.34. The summed E-state index contributed by atoms with van der Waals surface area (Å²) in [4.78, 5) is 26.7. The molecule has 29 heavy (non-hydrogen) atoms. The molecular weight excluding hydrogens is 394 g/mol. The molecule has 0 fully saturated rings. The van der Waals surface area contributed by atoms with Crippen molar-refractivity contribution in [2.45, 2.75) is 25.3 Å². The molecule has 0 saturated carbocycles. The lowest BCUT2D eigenvalue weighted by Gasteiger charge is -2.39. The molecule has 0 saturated heterocycles. The van der Waals surface area contributed by atoms with Gasteiger partial charge in [0.05, 0.1) is 23.2 Å². The van der Waals surface area contributed by atoms with E-state index < -0.39 is 0 Å². The minimum absolute atomic E-state index is 0.0242. The number of para-hydroxylation sites is 1. The number of hydrogen-bond donors (Lipinski definition) is 2. The van der Waals surface area contributed by atoms with Crippen molar-refractivity contribution in [1.82, 2.24) is 0 Å². The molecule has 2 amide bonds. The molecule has 0 aliphatic carbocycles. The zero-order valence-electron chi connectivity index (χ0n) is 16.0. The molecule has 8 heteroatoms. The lowest BCUT2D eigenvalue weighted by molar-refractivity contribution is -0.119. The fourth-order valence-corrected chi connectivity index (χ4v) is 4.09. The van der Waals surface area contributed by atoms with E-state index in [0.29, 0.717) is 41.8 Å². The summed E-state index contributed by atoms with van der Waals surface area (Å²) in [5.74, 6) is 0.194. The van der Waals surface area contributed by atoms with Crippen LogP contribution in [0.2, 0.25) is 5.02 Å². The second-order valence-electron chi connectivity index (χ2n) is 7.25. The van der Waals surface area contributed by atoms with E-state index in [2.05, 4.69) is 5.32 Å². The summed E-state index contributed by atoms with van der Waals surface area (Å²) in [6.07, 6.45) is 0.560. The molecule has 2 heterocycles. The van der Waals surface area contributed by atoms with Crippen molar-refractivity contribution in [3.8, 4) is 11.5 Å². The number of carbonyl (C=O) groups is 2. The van der Waals surface area contributed by atoms with E-state index >= 15 is 0 Å². The Kier molecular flexibility index (Phi) is 5.24. The van der Waals surface area contributed by atoms with Gasteiger partial charge in [0.1, 0.15) is 13.2 Å². The summed E-state index contributed by atoms with van der Waals surface area (Å²) in [7, 11) is 0. The second kappa shape index (κ2) is 7.83. The molecule has 0 aromatic heterocycles. The third-order valence-corrected chi connectivity index (χ3v) is 5.61. The highest BCUT2D eigenvalue weighted by atomic mass is 35.5. The van der Waals surface area contributed by atoms with Crippen LogP contribution in [0.25, 0.3) is 0 Å². The topological polar surface area (TPSA) is 93.9 Å². The van der Waals surface area contributed by atoms with E-state index in [1.807, 2.05) is 36.1 Å². The first-order valence-corrected chi connectivity index (χ1v) is 9.85. The third kappa shape index (κ3) is 3.82. The predicted molar refractivity (Wildman–Crippen MR) is 111 cm³/mol. The number of ether oxygens (including phenoxy) is 2. The standard InChI is InChI=1S/C21H22ClN3O4/c1-12-8-14(21(23)27)13-4-2-3-5-17(13)25(12)11-20(26)24-16-10-19-18(9-15(16)22)28-6-7-29-19/h2-5,9-10,12,14H,6-8,11H2,1H3,(H2,23,27)(H,24,26)/t12-,14+/m0/s1. The van der Waals surface area contributed by atoms with Crippen molar-refractivity contribution in [3.05, 3.63) is 47.0 Å². The Labute approximate surface area is 173 Å². The Bertz CT molecular complexity index is 965. The van der Waals surface area contributed by atoms with Gasteiger partial charge in [-0.15, -0.1) is 0 Å². The molecule has 152 valence electrons. The molecule has 0 bridgehead atoms. The lowest BCUT2D eigenvalue weighted by atomic mass is 9.85. The molecule has 2 aromatic carbocycles. The van der Waals surface area contributed by atoms with Crippen LogP contribution in [0.3, 0.4) is 0 Å². The van der Waals surface area contributed by atoms with Gasteiger partial charge >= 0.3 is 0 Å². The Morgan fingerprint density at radius 3 is 2.62 bits per heavy atom. The number of halogens is 1. The maximum absolute atomic E-state index is 12.8. The van der Waals surface area contributed by atoms with Crippen LogP contribution in [-0.4, -0.2) is 37.6 Å². The third-order valence-electron chi connectivity index (χ3n) is 5.29. The number of hydrogen-bond acceptors (Lipinski definition) is 5. The van der Waals surface area contributed by atoms with Gasteiger partial charge in [-0.3, -0.25) is 9.59 Å². The van der Waals surface area contributed by atoms with Crippen LogP contribution in [0.1, 0.15) is 24.8 Å². The first kappa shape index (κ1) is 19.4. The summed E-state index contributed by atoms with van der Waals surface area (Å²) >= 11 is 6.30. The van der Waals surface area contributed by atoms with Crippen molar-refractivity contribution in [2.75, 3.05) is 30.0 Å². The maximum atomic E-state index is 12.8. The normalized spacial score (nSPS) is 20.0. The van der Waals surface area contributed by atoms with E-state index in [0.717, 1.165) is 11.3 Å². The van der Waals surface area contributed by atoms with Crippen LogP contribution in [-0.2, 0) is 9.59 Å². The number of benzene rings is 2. The van der Waals surface area contributed by atoms with Gasteiger partial charge in [-0.25, -0.2) is 0 Å². The van der Waals surface area contributed by atoms with Gasteiger partial charge in [-0.05, 0) is 25.0 Å². The van der Waals surface area contributed by atoms with Crippen LogP contribution in [0.5, 0.6) is 11.5 Å². The molecular formula is C21H22ClN3O4. The molecule has 4 rings (SSSR count). The van der Waals surface area contributed by atoms with Crippen LogP contribution >= 0.6 is 11.6 Å². The van der Waals surface area contributed by atoms with Crippen LogP contribution in [0.4, 0.5) is 11.4 Å². The number of carbonyl (C=O) groups excluding carboxylic acids is 2. The second-order valence-corrected chi connectivity index (χ2v) is 7.66. The van der Waals surface area contributed by atoms with Gasteiger partial charge in [-0.2, -0.15) is 0 Å². The molecule has 7 nitrogen and oxygen atoms in total. The number of nitrogens with two attached hydrogens (primary N) is 1. The first-order valence-electron chi connectivity index (χ1n) is 9.48. The van der Waals surface area contributed by atoms with Gasteiger partial charge in [-0.1, -0.05) is 29.8 Å². The van der Waals surface area contributed by atoms with Gasteiger partial charge in [0.25, 0.3) is 0 Å². The number of primary amides is 1. The van der Waals surface area contributed by atoms with Gasteiger partial charge in [0, 0.05) is 23.9 Å². The van der Waals surface area contributed by atoms with Crippen molar-refractivity contribution in [3.63, 3.8) is 0 Å². The Morgan fingerprint density at radius 2 is 1.90 bits per heavy atom. The van der Waals surface area contributed by atoms with E-state index in [1.165, 1.54) is 0 Å². The van der Waals surface area contributed by atoms with E-state index in [1.54, 1.807) is 12.1 Å². The Balaban J connectivity index is 1.54. The van der Waals surface area contributed by atoms with Crippen LogP contribution in [0.15, 0.2) is 36.4 Å². The predicted octanol–water partition coefficient (Wildman–Crippen LogP) is 2.92. The number of amides is 2. The zero-order chi connectivity index (χ0) is 20.5. The number of rotatable bonds is 4. The molecule has 2 aliphatic heterocycles. The number of nitrogens with zero attached hydrogens (tertiary/aromatic N) is 1. The fourth-order valence-electron chi connectivity index (χ4n) is 3.89. The first-order chi connectivity index (χ1) is 13.9. The van der Waals surface area contributed by atoms with Gasteiger partial charge < -0.3 is 25.4 Å². The number of anilines is 2. The average Bonchev–Trinajstić information content (AvgIpc) is 2.70. The molecule has 3 N–H and O–H groups in total. The van der Waals surface area contributed by atoms with Crippen molar-refractivity contribution < 1.29 is 19.1 Å². The summed E-state index contributed by atoms with van der Waals surface area (Å²) in [5.41, 5.74) is 7.75. The highest BCUT2D eigenvalue weighted by Gasteiger charge is 2.33. The van der Waals surface area contributed by atoms with E-state index in [9.17, 15) is 9.59 Å². The minimum Gasteiger partial charge on any atom is -0.486 e. The number of nitrogens with one attached hydrogen (secondary N) is 1. The SMILES string of the molecule is C[C@H]1C[C@@H](C(N)=O)c2ccccc2N1CC(=O)Nc1cc2c(cc1Cl)OCCO2. The van der Waals surface area contributed by atoms with Crippen molar-refractivity contribution in [2.24, 2.45) is 5.73 Å². The van der Waals surface area contributed by atoms with E-state index in [4.69, 9.17) is 26.8 Å². The monoisotopic (exact) mass is 415 g/mol. The molecule has 2 aromatic rings. The minimum atomic E-state index is -0.354. The average molecular weight is 416 g/mol. The van der Waals surface area contributed by atoms with E-state index in [-0.39, 0.29) is 30.3 Å². The smallest absolute Gasteiger partial charge is 0.243 e. The zero-order valence-corrected chi connectivity index (χ0v) is 16.7. The quantitative estimate of drug-likeness (QED) is 0.800. The van der Waals surface area contributed by atoms with Gasteiger partial charge in [0.15, 0.2) is 11.5 Å². The molecule has 2 aliphatic rings. The van der Waals surface area contributed by atoms with Crippen LogP contribution < -0.4 is 25.4 Å². The molecule has 0 spiro atoms. The molecule has 0 radical (unpaired) electrons. The highest BCUT2D eigenvalue weighted by Crippen LogP contribution is 2.39. The number of fused-ring (bicyclic) bond motifs is 2. The van der Waals surface area contributed by atoms with Crippen LogP contribution in [0, 0.1) is 0 Å². The van der Waals surface area contributed by atoms with Crippen molar-refractivity contribution >= 4 is 34.8 Å². The summed E-state index contributed by atoms with van der Waals surface area (Å²) in [5, 5.41) is 3.23. The summed E-state index contributed by atoms with van der Waals surface area (Å²) < 4.78 is 11.1. The Morgan fingerprint density at radius 1 is 1.21 bits per heavy atom. The summed E-state index contributed by atoms with van der Waals surface area (Å²) in [6, 6.07) is 10.8. The fraction of sp³-hybridized carbons (Fsp3) is 0.333. The van der Waals surface area contributed by atoms with Gasteiger partial charge in [0.2, 0.25) is 11.8 Å². The molecule has 2 atom stereocenters. The largest absolute Gasteiger partial charge is 0.486 e.